The Bertz CT molecular complexity index is 361. The van der Waals surface area contributed by atoms with Crippen molar-refractivity contribution < 1.29 is 14.3 Å². The normalized spacial score (nSPS) is 12.9. The lowest BCUT2D eigenvalue weighted by Gasteiger charge is -2.21. The van der Waals surface area contributed by atoms with E-state index in [9.17, 15) is 9.18 Å². The first kappa shape index (κ1) is 11.9. The van der Waals surface area contributed by atoms with Crippen molar-refractivity contribution in [2.24, 2.45) is 0 Å². The van der Waals surface area contributed by atoms with Gasteiger partial charge in [-0.15, -0.1) is 0 Å². The second-order valence-electron chi connectivity index (χ2n) is 3.34. The highest BCUT2D eigenvalue weighted by atomic mass is 35.5. The van der Waals surface area contributed by atoms with Gasteiger partial charge in [-0.1, -0.05) is 17.7 Å². The minimum atomic E-state index is -1.13. The molecule has 0 aliphatic heterocycles. The van der Waals surface area contributed by atoms with Crippen molar-refractivity contribution in [3.63, 3.8) is 0 Å². The maximum Gasteiger partial charge on any atom is 0.325 e. The number of hydrogen-bond acceptors (Lipinski definition) is 2. The predicted molar refractivity (Wildman–Crippen MR) is 55.5 cm³/mol. The molecular formula is C10H11ClFNO2. The molecular weight excluding hydrogens is 221 g/mol. The summed E-state index contributed by atoms with van der Waals surface area (Å²) in [5.41, 5.74) is -0.00309. The van der Waals surface area contributed by atoms with Gasteiger partial charge in [0.25, 0.3) is 0 Å². The SMILES string of the molecule is CN(C)[C@H](C(=O)O)c1c(F)cccc1Cl. The van der Waals surface area contributed by atoms with Gasteiger partial charge in [0.2, 0.25) is 0 Å². The average Bonchev–Trinajstić information content (AvgIpc) is 2.09. The van der Waals surface area contributed by atoms with Crippen molar-refractivity contribution in [2.45, 2.75) is 6.04 Å². The monoisotopic (exact) mass is 231 g/mol. The first-order valence-electron chi connectivity index (χ1n) is 4.28. The summed E-state index contributed by atoms with van der Waals surface area (Å²) in [6.45, 7) is 0. The minimum Gasteiger partial charge on any atom is -0.480 e. The summed E-state index contributed by atoms with van der Waals surface area (Å²) in [6.07, 6.45) is 0. The summed E-state index contributed by atoms with van der Waals surface area (Å²) < 4.78 is 13.4. The van der Waals surface area contributed by atoms with Gasteiger partial charge in [-0.2, -0.15) is 0 Å². The van der Waals surface area contributed by atoms with E-state index in [0.29, 0.717) is 0 Å². The predicted octanol–water partition coefficient (Wildman–Crippen LogP) is 2.17. The van der Waals surface area contributed by atoms with E-state index in [0.717, 1.165) is 0 Å². The Hall–Kier alpha value is -1.13. The smallest absolute Gasteiger partial charge is 0.325 e. The summed E-state index contributed by atoms with van der Waals surface area (Å²) in [5, 5.41) is 9.10. The molecule has 1 atom stereocenters. The van der Waals surface area contributed by atoms with Gasteiger partial charge in [-0.05, 0) is 26.2 Å². The lowest BCUT2D eigenvalue weighted by molar-refractivity contribution is -0.142. The Balaban J connectivity index is 3.28. The number of aliphatic carboxylic acids is 1. The van der Waals surface area contributed by atoms with Crippen LogP contribution in [0, 0.1) is 5.82 Å². The van der Waals surface area contributed by atoms with Crippen LogP contribution < -0.4 is 0 Å². The Labute approximate surface area is 92.1 Å². The lowest BCUT2D eigenvalue weighted by atomic mass is 10.1. The van der Waals surface area contributed by atoms with Crippen LogP contribution in [0.15, 0.2) is 18.2 Å². The summed E-state index contributed by atoms with van der Waals surface area (Å²) in [7, 11) is 3.11. The molecule has 0 aliphatic carbocycles. The highest BCUT2D eigenvalue weighted by Crippen LogP contribution is 2.28. The number of likely N-dealkylation sites (N-methyl/N-ethyl adjacent to an activating group) is 1. The quantitative estimate of drug-likeness (QED) is 0.867. The molecule has 0 fully saturated rings. The van der Waals surface area contributed by atoms with Crippen molar-refractivity contribution in [3.8, 4) is 0 Å². The van der Waals surface area contributed by atoms with Crippen LogP contribution in [0.5, 0.6) is 0 Å². The van der Waals surface area contributed by atoms with Crippen LogP contribution >= 0.6 is 11.6 Å². The van der Waals surface area contributed by atoms with Gasteiger partial charge < -0.3 is 5.11 Å². The zero-order chi connectivity index (χ0) is 11.6. The molecule has 0 aliphatic rings. The van der Waals surface area contributed by atoms with E-state index in [1.165, 1.54) is 23.1 Å². The molecule has 15 heavy (non-hydrogen) atoms. The van der Waals surface area contributed by atoms with Crippen LogP contribution in [0.25, 0.3) is 0 Å². The van der Waals surface area contributed by atoms with Crippen molar-refractivity contribution in [2.75, 3.05) is 14.1 Å². The Kier molecular flexibility index (Phi) is 3.66. The van der Waals surface area contributed by atoms with Gasteiger partial charge in [0.1, 0.15) is 11.9 Å². The van der Waals surface area contributed by atoms with Gasteiger partial charge in [0.05, 0.1) is 0 Å². The molecule has 0 saturated heterocycles. The van der Waals surface area contributed by atoms with Crippen LogP contribution in [0.4, 0.5) is 4.39 Å². The average molecular weight is 232 g/mol. The van der Waals surface area contributed by atoms with E-state index in [-0.39, 0.29) is 10.6 Å². The fourth-order valence-electron chi connectivity index (χ4n) is 1.37. The number of benzene rings is 1. The zero-order valence-electron chi connectivity index (χ0n) is 8.37. The van der Waals surface area contributed by atoms with E-state index < -0.39 is 17.8 Å². The summed E-state index contributed by atoms with van der Waals surface area (Å²) in [6, 6.07) is 3.04. The highest BCUT2D eigenvalue weighted by molar-refractivity contribution is 6.31. The summed E-state index contributed by atoms with van der Waals surface area (Å²) in [5.74, 6) is -1.74. The van der Waals surface area contributed by atoms with Gasteiger partial charge in [-0.25, -0.2) is 4.39 Å². The van der Waals surface area contributed by atoms with Gasteiger partial charge >= 0.3 is 5.97 Å². The third kappa shape index (κ3) is 2.46. The molecule has 82 valence electrons. The summed E-state index contributed by atoms with van der Waals surface area (Å²) >= 11 is 5.78. The number of carboxylic acid groups (broad SMARTS) is 1. The highest BCUT2D eigenvalue weighted by Gasteiger charge is 2.27. The van der Waals surface area contributed by atoms with Crippen LogP contribution in [-0.4, -0.2) is 30.1 Å². The Morgan fingerprint density at radius 1 is 1.53 bits per heavy atom. The lowest BCUT2D eigenvalue weighted by Crippen LogP contribution is -2.28. The molecule has 0 bridgehead atoms. The third-order valence-corrected chi connectivity index (χ3v) is 2.35. The molecule has 3 nitrogen and oxygen atoms in total. The molecule has 1 aromatic carbocycles. The van der Waals surface area contributed by atoms with Crippen LogP contribution in [0.1, 0.15) is 11.6 Å². The van der Waals surface area contributed by atoms with Crippen molar-refractivity contribution >= 4 is 17.6 Å². The largest absolute Gasteiger partial charge is 0.480 e. The molecule has 1 N–H and O–H groups in total. The third-order valence-electron chi connectivity index (χ3n) is 2.02. The molecule has 0 aromatic heterocycles. The number of nitrogens with zero attached hydrogens (tertiary/aromatic N) is 1. The topological polar surface area (TPSA) is 40.5 Å². The zero-order valence-corrected chi connectivity index (χ0v) is 9.12. The molecule has 5 heteroatoms. The fraction of sp³-hybridized carbons (Fsp3) is 0.300. The van der Waals surface area contributed by atoms with Crippen molar-refractivity contribution in [1.29, 1.82) is 0 Å². The Morgan fingerprint density at radius 2 is 2.13 bits per heavy atom. The Morgan fingerprint density at radius 3 is 2.53 bits per heavy atom. The number of halogens is 2. The number of hydrogen-bond donors (Lipinski definition) is 1. The standard InChI is InChI=1S/C10H11ClFNO2/c1-13(2)9(10(14)15)8-6(11)4-3-5-7(8)12/h3-5,9H,1-2H3,(H,14,15)/t9-/m0/s1. The number of rotatable bonds is 3. The second kappa shape index (κ2) is 4.59. The van der Waals surface area contributed by atoms with E-state index in [1.54, 1.807) is 14.1 Å². The van der Waals surface area contributed by atoms with E-state index in [4.69, 9.17) is 16.7 Å². The van der Waals surface area contributed by atoms with Crippen molar-refractivity contribution in [3.05, 3.63) is 34.6 Å². The molecule has 0 heterocycles. The molecule has 0 radical (unpaired) electrons. The number of carbonyl (C=O) groups is 1. The van der Waals surface area contributed by atoms with E-state index in [1.807, 2.05) is 0 Å². The number of carboxylic acids is 1. The molecule has 1 rings (SSSR count). The fourth-order valence-corrected chi connectivity index (χ4v) is 1.64. The van der Waals surface area contributed by atoms with Gasteiger partial charge in [0.15, 0.2) is 0 Å². The molecule has 0 unspecified atom stereocenters. The molecule has 0 saturated carbocycles. The van der Waals surface area contributed by atoms with Crippen LogP contribution in [0.2, 0.25) is 5.02 Å². The first-order valence-corrected chi connectivity index (χ1v) is 4.66. The second-order valence-corrected chi connectivity index (χ2v) is 3.75. The van der Waals surface area contributed by atoms with Gasteiger partial charge in [0, 0.05) is 10.6 Å². The van der Waals surface area contributed by atoms with Crippen LogP contribution in [0.3, 0.4) is 0 Å². The van der Waals surface area contributed by atoms with E-state index >= 15 is 0 Å². The van der Waals surface area contributed by atoms with Crippen LogP contribution in [-0.2, 0) is 4.79 Å². The maximum absolute atomic E-state index is 13.4. The first-order chi connectivity index (χ1) is 6.95. The van der Waals surface area contributed by atoms with Gasteiger partial charge in [-0.3, -0.25) is 9.69 Å². The summed E-state index contributed by atoms with van der Waals surface area (Å²) in [4.78, 5) is 12.4. The maximum atomic E-state index is 13.4. The minimum absolute atomic E-state index is 0.00309. The van der Waals surface area contributed by atoms with Crippen molar-refractivity contribution in [1.82, 2.24) is 4.90 Å². The van der Waals surface area contributed by atoms with E-state index in [2.05, 4.69) is 0 Å². The molecule has 1 aromatic rings. The molecule has 0 amide bonds. The molecule has 0 spiro atoms.